The van der Waals surface area contributed by atoms with Crippen LogP contribution < -0.4 is 10.1 Å². The molecule has 1 saturated heterocycles. The fraction of sp³-hybridized carbons (Fsp3) is 0.474. The quantitative estimate of drug-likeness (QED) is 0.776. The molecular formula is C19H24ClN3O2S. The Kier molecular flexibility index (Phi) is 6.88. The van der Waals surface area contributed by atoms with Crippen molar-refractivity contribution in [3.63, 3.8) is 0 Å². The summed E-state index contributed by atoms with van der Waals surface area (Å²) in [6, 6.07) is 7.18. The summed E-state index contributed by atoms with van der Waals surface area (Å²) in [5.41, 5.74) is 0.466. The third kappa shape index (κ3) is 5.69. The molecule has 0 unspecified atom stereocenters. The number of hydrogen-bond acceptors (Lipinski definition) is 5. The largest absolute Gasteiger partial charge is 0.486 e. The van der Waals surface area contributed by atoms with Crippen molar-refractivity contribution < 1.29 is 9.53 Å². The van der Waals surface area contributed by atoms with Gasteiger partial charge in [0.1, 0.15) is 23.1 Å². The van der Waals surface area contributed by atoms with E-state index in [2.05, 4.69) is 22.2 Å². The number of amides is 1. The normalized spacial score (nSPS) is 15.8. The van der Waals surface area contributed by atoms with Gasteiger partial charge in [0.05, 0.1) is 0 Å². The smallest absolute Gasteiger partial charge is 0.270 e. The van der Waals surface area contributed by atoms with Crippen molar-refractivity contribution in [1.82, 2.24) is 15.2 Å². The van der Waals surface area contributed by atoms with E-state index in [4.69, 9.17) is 16.3 Å². The average molecular weight is 394 g/mol. The van der Waals surface area contributed by atoms with Gasteiger partial charge in [-0.05, 0) is 69.6 Å². The topological polar surface area (TPSA) is 54.5 Å². The first-order chi connectivity index (χ1) is 12.6. The van der Waals surface area contributed by atoms with Crippen molar-refractivity contribution in [1.29, 1.82) is 0 Å². The van der Waals surface area contributed by atoms with Gasteiger partial charge in [-0.15, -0.1) is 11.3 Å². The van der Waals surface area contributed by atoms with Crippen LogP contribution in [-0.4, -0.2) is 42.5 Å². The van der Waals surface area contributed by atoms with Crippen LogP contribution in [0.1, 0.15) is 34.8 Å². The fourth-order valence-corrected chi connectivity index (χ4v) is 3.80. The number of carbonyl (C=O) groups is 1. The molecule has 3 rings (SSSR count). The van der Waals surface area contributed by atoms with Crippen LogP contribution in [0.25, 0.3) is 0 Å². The molecule has 0 bridgehead atoms. The van der Waals surface area contributed by atoms with Crippen molar-refractivity contribution >= 4 is 28.8 Å². The maximum absolute atomic E-state index is 12.2. The average Bonchev–Trinajstić information content (AvgIpc) is 3.12. The number of piperidine rings is 1. The second-order valence-corrected chi connectivity index (χ2v) is 8.04. The van der Waals surface area contributed by atoms with Crippen LogP contribution >= 0.6 is 22.9 Å². The summed E-state index contributed by atoms with van der Waals surface area (Å²) in [5.74, 6) is 1.34. The van der Waals surface area contributed by atoms with Gasteiger partial charge < -0.3 is 15.0 Å². The van der Waals surface area contributed by atoms with E-state index in [-0.39, 0.29) is 5.91 Å². The molecule has 0 saturated carbocycles. The van der Waals surface area contributed by atoms with Gasteiger partial charge in [0, 0.05) is 16.9 Å². The Hall–Kier alpha value is -1.63. The highest BCUT2D eigenvalue weighted by atomic mass is 35.5. The third-order valence-corrected chi connectivity index (χ3v) is 5.71. The molecule has 2 heterocycles. The Labute approximate surface area is 163 Å². The van der Waals surface area contributed by atoms with Gasteiger partial charge in [0.15, 0.2) is 0 Å². The second kappa shape index (κ2) is 9.35. The highest BCUT2D eigenvalue weighted by Gasteiger charge is 2.17. The van der Waals surface area contributed by atoms with E-state index in [1.54, 1.807) is 17.5 Å². The lowest BCUT2D eigenvalue weighted by molar-refractivity contribution is 0.0944. The maximum atomic E-state index is 12.2. The SMILES string of the molecule is CN1CCC(CCNC(=O)c2csc(COc3ccc(Cl)cc3)n2)CC1. The predicted octanol–water partition coefficient (Wildman–Crippen LogP) is 3.84. The van der Waals surface area contributed by atoms with E-state index in [1.165, 1.54) is 24.2 Å². The van der Waals surface area contributed by atoms with Crippen LogP contribution in [0.5, 0.6) is 5.75 Å². The first kappa shape index (κ1) is 19.1. The lowest BCUT2D eigenvalue weighted by atomic mass is 9.94. The number of hydrogen-bond donors (Lipinski definition) is 1. The van der Waals surface area contributed by atoms with E-state index in [0.29, 0.717) is 29.8 Å². The third-order valence-electron chi connectivity index (χ3n) is 4.64. The van der Waals surface area contributed by atoms with Gasteiger partial charge in [0.25, 0.3) is 5.91 Å². The standard InChI is InChI=1S/C19H24ClN3O2S/c1-23-10-7-14(8-11-23)6-9-21-19(24)17-13-26-18(22-17)12-25-16-4-2-15(20)3-5-16/h2-5,13-14H,6-12H2,1H3,(H,21,24). The number of rotatable bonds is 7. The minimum atomic E-state index is -0.105. The number of likely N-dealkylation sites (tertiary alicyclic amines) is 1. The molecule has 0 spiro atoms. The summed E-state index contributed by atoms with van der Waals surface area (Å²) in [6.07, 6.45) is 3.47. The highest BCUT2D eigenvalue weighted by molar-refractivity contribution is 7.09. The number of benzene rings is 1. The van der Waals surface area contributed by atoms with E-state index in [9.17, 15) is 4.79 Å². The Morgan fingerprint density at radius 2 is 2.08 bits per heavy atom. The van der Waals surface area contributed by atoms with Gasteiger partial charge in [0.2, 0.25) is 0 Å². The van der Waals surface area contributed by atoms with E-state index >= 15 is 0 Å². The lowest BCUT2D eigenvalue weighted by Crippen LogP contribution is -2.32. The summed E-state index contributed by atoms with van der Waals surface area (Å²) >= 11 is 7.29. The Balaban J connectivity index is 1.40. The summed E-state index contributed by atoms with van der Waals surface area (Å²) in [5, 5.41) is 6.22. The highest BCUT2D eigenvalue weighted by Crippen LogP contribution is 2.20. The Morgan fingerprint density at radius 3 is 2.81 bits per heavy atom. The second-order valence-electron chi connectivity index (χ2n) is 6.66. The molecule has 140 valence electrons. The molecular weight excluding hydrogens is 370 g/mol. The Morgan fingerprint density at radius 1 is 1.35 bits per heavy atom. The summed E-state index contributed by atoms with van der Waals surface area (Å²) in [4.78, 5) is 19.0. The number of thiazole rings is 1. The molecule has 1 fully saturated rings. The van der Waals surface area contributed by atoms with Gasteiger partial charge in [-0.2, -0.15) is 0 Å². The minimum Gasteiger partial charge on any atom is -0.486 e. The number of halogens is 1. The summed E-state index contributed by atoms with van der Waals surface area (Å²) in [6.45, 7) is 3.36. The van der Waals surface area contributed by atoms with Crippen LogP contribution in [0, 0.1) is 5.92 Å². The predicted molar refractivity (Wildman–Crippen MR) is 105 cm³/mol. The molecule has 0 radical (unpaired) electrons. The van der Waals surface area contributed by atoms with Crippen LogP contribution in [0.15, 0.2) is 29.6 Å². The first-order valence-corrected chi connectivity index (χ1v) is 10.2. The molecule has 5 nitrogen and oxygen atoms in total. The van der Waals surface area contributed by atoms with Gasteiger partial charge in [-0.1, -0.05) is 11.6 Å². The van der Waals surface area contributed by atoms with Crippen molar-refractivity contribution in [2.75, 3.05) is 26.7 Å². The number of ether oxygens (including phenoxy) is 1. The summed E-state index contributed by atoms with van der Waals surface area (Å²) < 4.78 is 5.66. The molecule has 1 aliphatic rings. The van der Waals surface area contributed by atoms with E-state index in [0.717, 1.165) is 30.3 Å². The van der Waals surface area contributed by atoms with Crippen molar-refractivity contribution in [2.24, 2.45) is 5.92 Å². The molecule has 2 aromatic rings. The lowest BCUT2D eigenvalue weighted by Gasteiger charge is -2.28. The van der Waals surface area contributed by atoms with Crippen molar-refractivity contribution in [3.8, 4) is 5.75 Å². The van der Waals surface area contributed by atoms with Gasteiger partial charge >= 0.3 is 0 Å². The number of nitrogens with one attached hydrogen (secondary N) is 1. The molecule has 0 aliphatic carbocycles. The van der Waals surface area contributed by atoms with E-state index < -0.39 is 0 Å². The zero-order valence-corrected chi connectivity index (χ0v) is 16.5. The fourth-order valence-electron chi connectivity index (χ4n) is 2.99. The molecule has 0 atom stereocenters. The molecule has 1 aliphatic heterocycles. The maximum Gasteiger partial charge on any atom is 0.270 e. The first-order valence-electron chi connectivity index (χ1n) is 8.89. The minimum absolute atomic E-state index is 0.105. The number of nitrogens with zero attached hydrogens (tertiary/aromatic N) is 2. The monoisotopic (exact) mass is 393 g/mol. The number of aromatic nitrogens is 1. The zero-order valence-electron chi connectivity index (χ0n) is 14.9. The van der Waals surface area contributed by atoms with Crippen LogP contribution in [-0.2, 0) is 6.61 Å². The molecule has 26 heavy (non-hydrogen) atoms. The van der Waals surface area contributed by atoms with E-state index in [1.807, 2.05) is 12.1 Å². The summed E-state index contributed by atoms with van der Waals surface area (Å²) in [7, 11) is 2.16. The molecule has 7 heteroatoms. The Bertz CT molecular complexity index is 712. The van der Waals surface area contributed by atoms with Crippen molar-refractivity contribution in [2.45, 2.75) is 25.9 Å². The number of carbonyl (C=O) groups excluding carboxylic acids is 1. The molecule has 1 aromatic carbocycles. The molecule has 1 aromatic heterocycles. The van der Waals surface area contributed by atoms with Crippen molar-refractivity contribution in [3.05, 3.63) is 45.4 Å². The van der Waals surface area contributed by atoms with Crippen LogP contribution in [0.3, 0.4) is 0 Å². The molecule has 1 N–H and O–H groups in total. The zero-order chi connectivity index (χ0) is 18.4. The van der Waals surface area contributed by atoms with Crippen LogP contribution in [0.4, 0.5) is 0 Å². The van der Waals surface area contributed by atoms with Gasteiger partial charge in [-0.3, -0.25) is 4.79 Å². The molecule has 1 amide bonds. The van der Waals surface area contributed by atoms with Gasteiger partial charge in [-0.25, -0.2) is 4.98 Å². The van der Waals surface area contributed by atoms with Crippen LogP contribution in [0.2, 0.25) is 5.02 Å².